The fourth-order valence-electron chi connectivity index (χ4n) is 3.40. The van der Waals surface area contributed by atoms with E-state index in [0.717, 1.165) is 22.9 Å². The minimum absolute atomic E-state index is 0.518. The lowest BCUT2D eigenvalue weighted by molar-refractivity contribution is 0.407. The van der Waals surface area contributed by atoms with Gasteiger partial charge >= 0.3 is 0 Å². The smallest absolute Gasteiger partial charge is 0.156 e. The average Bonchev–Trinajstić information content (AvgIpc) is 2.93. The molecule has 1 fully saturated rings. The van der Waals surface area contributed by atoms with E-state index in [-0.39, 0.29) is 0 Å². The van der Waals surface area contributed by atoms with Crippen molar-refractivity contribution in [3.05, 3.63) is 23.2 Å². The Bertz CT molecular complexity index is 563. The molecular weight excluding hydrogens is 246 g/mol. The first-order valence-corrected chi connectivity index (χ1v) is 7.06. The van der Waals surface area contributed by atoms with Crippen LogP contribution in [0.1, 0.15) is 44.6 Å². The molecule has 3 rings (SSSR count). The number of nitrogens with zero attached hydrogens (tertiary/aromatic N) is 2. The topological polar surface area (TPSA) is 41.6 Å². The summed E-state index contributed by atoms with van der Waals surface area (Å²) in [6.45, 7) is 4.66. The molecule has 4 heteroatoms. The summed E-state index contributed by atoms with van der Waals surface area (Å²) in [7, 11) is 0. The molecule has 3 atom stereocenters. The molecule has 0 spiro atoms. The van der Waals surface area contributed by atoms with Crippen LogP contribution in [0.15, 0.2) is 12.5 Å². The molecule has 0 radical (unpaired) electrons. The first-order chi connectivity index (χ1) is 8.70. The number of hydrogen-bond donors (Lipinski definition) is 1. The molecule has 0 amide bonds. The van der Waals surface area contributed by atoms with E-state index >= 15 is 0 Å². The number of halogens is 1. The van der Waals surface area contributed by atoms with Crippen molar-refractivity contribution in [3.63, 3.8) is 0 Å². The summed E-state index contributed by atoms with van der Waals surface area (Å²) < 4.78 is 0. The lowest BCUT2D eigenvalue weighted by atomic mass is 9.95. The minimum atomic E-state index is 0.518. The van der Waals surface area contributed by atoms with Gasteiger partial charge in [-0.1, -0.05) is 31.9 Å². The molecule has 18 heavy (non-hydrogen) atoms. The molecule has 0 aliphatic heterocycles. The van der Waals surface area contributed by atoms with E-state index < -0.39 is 0 Å². The lowest BCUT2D eigenvalue weighted by Gasteiger charge is -2.10. The van der Waals surface area contributed by atoms with Crippen LogP contribution in [0.4, 0.5) is 0 Å². The van der Waals surface area contributed by atoms with E-state index in [9.17, 15) is 0 Å². The second-order valence-electron chi connectivity index (χ2n) is 5.45. The molecule has 2 aromatic heterocycles. The Hall–Kier alpha value is -1.09. The molecule has 1 saturated carbocycles. The minimum Gasteiger partial charge on any atom is -0.357 e. The molecule has 3 nitrogen and oxygen atoms in total. The quantitative estimate of drug-likeness (QED) is 0.827. The number of nitrogens with one attached hydrogen (secondary N) is 1. The highest BCUT2D eigenvalue weighted by molar-refractivity contribution is 6.33. The highest BCUT2D eigenvalue weighted by atomic mass is 35.5. The molecule has 1 aliphatic carbocycles. The molecular formula is C14H18ClN3. The van der Waals surface area contributed by atoms with Gasteiger partial charge < -0.3 is 4.98 Å². The van der Waals surface area contributed by atoms with Gasteiger partial charge in [0.05, 0.1) is 5.52 Å². The lowest BCUT2D eigenvalue weighted by Crippen LogP contribution is -2.00. The van der Waals surface area contributed by atoms with E-state index in [4.69, 9.17) is 11.6 Å². The van der Waals surface area contributed by atoms with Crippen molar-refractivity contribution in [2.24, 2.45) is 11.8 Å². The predicted molar refractivity (Wildman–Crippen MR) is 73.8 cm³/mol. The number of aromatic nitrogens is 3. The van der Waals surface area contributed by atoms with Crippen LogP contribution in [0.2, 0.25) is 5.15 Å². The van der Waals surface area contributed by atoms with Crippen molar-refractivity contribution in [1.82, 2.24) is 15.0 Å². The first kappa shape index (κ1) is 12.0. The van der Waals surface area contributed by atoms with Crippen molar-refractivity contribution in [3.8, 4) is 0 Å². The first-order valence-electron chi connectivity index (χ1n) is 6.68. The summed E-state index contributed by atoms with van der Waals surface area (Å²) in [5, 5.41) is 0.518. The van der Waals surface area contributed by atoms with Gasteiger partial charge in [-0.2, -0.15) is 0 Å². The van der Waals surface area contributed by atoms with E-state index in [1.165, 1.54) is 24.8 Å². The van der Waals surface area contributed by atoms with Gasteiger partial charge in [0.2, 0.25) is 0 Å². The maximum atomic E-state index is 6.08. The Balaban J connectivity index is 1.99. The SMILES string of the molecule is CC[C@H]1C[C@@H](c2c[nH]c3c(Cl)ncnc23)C[C@@H]1C. The Morgan fingerprint density at radius 3 is 2.94 bits per heavy atom. The molecule has 96 valence electrons. The van der Waals surface area contributed by atoms with Crippen LogP contribution in [0.5, 0.6) is 0 Å². The Labute approximate surface area is 112 Å². The van der Waals surface area contributed by atoms with Gasteiger partial charge in [0.15, 0.2) is 5.15 Å². The predicted octanol–water partition coefficient (Wildman–Crippen LogP) is 4.15. The van der Waals surface area contributed by atoms with Crippen molar-refractivity contribution in [2.75, 3.05) is 0 Å². The standard InChI is InChI=1S/C14H18ClN3/c1-3-9-5-10(4-8(9)2)11-6-16-13-12(11)17-7-18-14(13)15/h6-10,16H,3-5H2,1-2H3/t8-,9-,10-/m0/s1. The van der Waals surface area contributed by atoms with Crippen LogP contribution in [0, 0.1) is 11.8 Å². The monoisotopic (exact) mass is 263 g/mol. The van der Waals surface area contributed by atoms with Gasteiger partial charge in [0.25, 0.3) is 0 Å². The third kappa shape index (κ3) is 1.81. The largest absolute Gasteiger partial charge is 0.357 e. The van der Waals surface area contributed by atoms with E-state index in [0.29, 0.717) is 11.1 Å². The van der Waals surface area contributed by atoms with Gasteiger partial charge in [0.1, 0.15) is 11.8 Å². The Morgan fingerprint density at radius 1 is 1.39 bits per heavy atom. The number of H-pyrrole nitrogens is 1. The number of hydrogen-bond acceptors (Lipinski definition) is 2. The zero-order chi connectivity index (χ0) is 12.7. The normalized spacial score (nSPS) is 28.1. The molecule has 0 unspecified atom stereocenters. The molecule has 2 aromatic rings. The molecule has 1 aliphatic rings. The summed E-state index contributed by atoms with van der Waals surface area (Å²) >= 11 is 6.08. The van der Waals surface area contributed by atoms with Crippen molar-refractivity contribution < 1.29 is 0 Å². The maximum absolute atomic E-state index is 6.08. The summed E-state index contributed by atoms with van der Waals surface area (Å²) in [5.41, 5.74) is 3.20. The number of fused-ring (bicyclic) bond motifs is 1. The molecule has 0 saturated heterocycles. The fourth-order valence-corrected chi connectivity index (χ4v) is 3.59. The van der Waals surface area contributed by atoms with Gasteiger partial charge in [-0.25, -0.2) is 9.97 Å². The van der Waals surface area contributed by atoms with Crippen LogP contribution < -0.4 is 0 Å². The van der Waals surface area contributed by atoms with Crippen LogP contribution in [-0.4, -0.2) is 15.0 Å². The van der Waals surface area contributed by atoms with Gasteiger partial charge in [-0.05, 0) is 36.2 Å². The second-order valence-corrected chi connectivity index (χ2v) is 5.80. The highest BCUT2D eigenvalue weighted by Gasteiger charge is 2.32. The van der Waals surface area contributed by atoms with Crippen LogP contribution in [0.25, 0.3) is 11.0 Å². The summed E-state index contributed by atoms with van der Waals surface area (Å²) in [4.78, 5) is 11.6. The third-order valence-corrected chi connectivity index (χ3v) is 4.75. The van der Waals surface area contributed by atoms with Crippen LogP contribution in [0.3, 0.4) is 0 Å². The van der Waals surface area contributed by atoms with Crippen molar-refractivity contribution in [1.29, 1.82) is 0 Å². The number of aromatic amines is 1. The maximum Gasteiger partial charge on any atom is 0.156 e. The van der Waals surface area contributed by atoms with Gasteiger partial charge in [-0.15, -0.1) is 0 Å². The van der Waals surface area contributed by atoms with E-state index in [2.05, 4.69) is 35.0 Å². The zero-order valence-electron chi connectivity index (χ0n) is 10.8. The van der Waals surface area contributed by atoms with Crippen LogP contribution >= 0.6 is 11.6 Å². The van der Waals surface area contributed by atoms with E-state index in [1.54, 1.807) is 6.33 Å². The summed E-state index contributed by atoms with van der Waals surface area (Å²) in [5.74, 6) is 2.27. The molecule has 0 aromatic carbocycles. The van der Waals surface area contributed by atoms with Crippen molar-refractivity contribution >= 4 is 22.6 Å². The van der Waals surface area contributed by atoms with Crippen molar-refractivity contribution in [2.45, 2.75) is 39.0 Å². The molecule has 1 N–H and O–H groups in total. The van der Waals surface area contributed by atoms with Crippen LogP contribution in [-0.2, 0) is 0 Å². The molecule has 2 heterocycles. The Kier molecular flexibility index (Phi) is 3.02. The average molecular weight is 264 g/mol. The fraction of sp³-hybridized carbons (Fsp3) is 0.571. The second kappa shape index (κ2) is 4.54. The van der Waals surface area contributed by atoms with Gasteiger partial charge in [-0.3, -0.25) is 0 Å². The molecule has 0 bridgehead atoms. The Morgan fingerprint density at radius 2 is 2.22 bits per heavy atom. The zero-order valence-corrected chi connectivity index (χ0v) is 11.5. The summed E-state index contributed by atoms with van der Waals surface area (Å²) in [6.07, 6.45) is 7.42. The highest BCUT2D eigenvalue weighted by Crippen LogP contribution is 2.45. The third-order valence-electron chi connectivity index (χ3n) is 4.46. The number of rotatable bonds is 2. The van der Waals surface area contributed by atoms with E-state index in [1.807, 2.05) is 0 Å². The summed E-state index contributed by atoms with van der Waals surface area (Å²) in [6, 6.07) is 0. The van der Waals surface area contributed by atoms with Gasteiger partial charge in [0, 0.05) is 6.20 Å².